The summed E-state index contributed by atoms with van der Waals surface area (Å²) in [5, 5.41) is 3.22. The molecule has 1 aliphatic rings. The summed E-state index contributed by atoms with van der Waals surface area (Å²) in [5.41, 5.74) is 5.46. The summed E-state index contributed by atoms with van der Waals surface area (Å²) in [5.74, 6) is 0.172. The summed E-state index contributed by atoms with van der Waals surface area (Å²) in [6.07, 6.45) is 0.678. The molecule has 0 unspecified atom stereocenters. The summed E-state index contributed by atoms with van der Waals surface area (Å²) in [6, 6.07) is 23.2. The molecule has 0 aliphatic carbocycles. The molecular weight excluding hydrogens is 424 g/mol. The minimum atomic E-state index is -0.309. The minimum Gasteiger partial charge on any atom is -0.491 e. The molecule has 0 fully saturated rings. The average molecular weight is 455 g/mol. The molecule has 0 aromatic heterocycles. The van der Waals surface area contributed by atoms with Crippen molar-refractivity contribution < 1.29 is 14.3 Å². The fraction of sp³-hybridized carbons (Fsp3) is 0.241. The summed E-state index contributed by atoms with van der Waals surface area (Å²) >= 11 is 0. The largest absolute Gasteiger partial charge is 0.491 e. The van der Waals surface area contributed by atoms with Crippen LogP contribution in [0.25, 0.3) is 5.57 Å². The van der Waals surface area contributed by atoms with Gasteiger partial charge in [0.1, 0.15) is 11.4 Å². The van der Waals surface area contributed by atoms with E-state index < -0.39 is 0 Å². The molecule has 0 saturated carbocycles. The zero-order valence-electron chi connectivity index (χ0n) is 20.1. The second-order valence-corrected chi connectivity index (χ2v) is 8.86. The van der Waals surface area contributed by atoms with Crippen molar-refractivity contribution in [3.05, 3.63) is 101 Å². The monoisotopic (exact) mass is 454 g/mol. The van der Waals surface area contributed by atoms with E-state index in [4.69, 9.17) is 4.74 Å². The van der Waals surface area contributed by atoms with Crippen molar-refractivity contribution in [3.63, 3.8) is 0 Å². The lowest BCUT2D eigenvalue weighted by atomic mass is 9.99. The van der Waals surface area contributed by atoms with Crippen molar-refractivity contribution in [1.82, 2.24) is 4.90 Å². The maximum atomic E-state index is 13.5. The summed E-state index contributed by atoms with van der Waals surface area (Å²) in [7, 11) is 0. The number of nitrogens with zero attached hydrogens (tertiary/aromatic N) is 1. The molecular formula is C29H30N2O3. The smallest absolute Gasteiger partial charge is 0.278 e. The molecule has 1 N–H and O–H groups in total. The summed E-state index contributed by atoms with van der Waals surface area (Å²) in [6.45, 7) is 8.30. The van der Waals surface area contributed by atoms with Gasteiger partial charge in [0.05, 0.1) is 11.7 Å². The molecule has 5 nitrogen and oxygen atoms in total. The SMILES string of the molecule is Cc1ccc(C2=C(Nc3ccc(OC(C)C)cc3)C(=O)N(CCc3ccccc3)C2=O)cc1C. The van der Waals surface area contributed by atoms with E-state index in [0.717, 1.165) is 33.7 Å². The van der Waals surface area contributed by atoms with Crippen LogP contribution in [0.15, 0.2) is 78.5 Å². The molecule has 3 aromatic rings. The Labute approximate surface area is 201 Å². The lowest BCUT2D eigenvalue weighted by molar-refractivity contribution is -0.136. The van der Waals surface area contributed by atoms with E-state index in [1.165, 1.54) is 4.90 Å². The molecule has 0 atom stereocenters. The number of amides is 2. The molecule has 1 aliphatic heterocycles. The van der Waals surface area contributed by atoms with Crippen LogP contribution in [0.4, 0.5) is 5.69 Å². The molecule has 34 heavy (non-hydrogen) atoms. The van der Waals surface area contributed by atoms with Gasteiger partial charge in [0.15, 0.2) is 0 Å². The average Bonchev–Trinajstić information content (AvgIpc) is 3.05. The van der Waals surface area contributed by atoms with Gasteiger partial charge in [-0.25, -0.2) is 0 Å². The number of nitrogens with one attached hydrogen (secondary N) is 1. The van der Waals surface area contributed by atoms with Crippen LogP contribution in [0.3, 0.4) is 0 Å². The van der Waals surface area contributed by atoms with E-state index >= 15 is 0 Å². The Morgan fingerprint density at radius 3 is 2.21 bits per heavy atom. The highest BCUT2D eigenvalue weighted by Gasteiger charge is 2.39. The van der Waals surface area contributed by atoms with Crippen molar-refractivity contribution in [3.8, 4) is 5.75 Å². The molecule has 5 heteroatoms. The summed E-state index contributed by atoms with van der Waals surface area (Å²) < 4.78 is 5.71. The number of benzene rings is 3. The number of imide groups is 1. The van der Waals surface area contributed by atoms with Crippen molar-refractivity contribution in [2.45, 2.75) is 40.2 Å². The van der Waals surface area contributed by atoms with Gasteiger partial charge in [0, 0.05) is 12.2 Å². The van der Waals surface area contributed by atoms with Crippen LogP contribution in [-0.2, 0) is 16.0 Å². The van der Waals surface area contributed by atoms with Gasteiger partial charge in [0.2, 0.25) is 0 Å². The van der Waals surface area contributed by atoms with Gasteiger partial charge < -0.3 is 10.1 Å². The number of aryl methyl sites for hydroxylation is 2. The molecule has 3 aromatic carbocycles. The van der Waals surface area contributed by atoms with Gasteiger partial charge in [-0.3, -0.25) is 14.5 Å². The summed E-state index contributed by atoms with van der Waals surface area (Å²) in [4.78, 5) is 28.3. The quantitative estimate of drug-likeness (QED) is 0.455. The molecule has 174 valence electrons. The topological polar surface area (TPSA) is 58.6 Å². The fourth-order valence-electron chi connectivity index (χ4n) is 3.98. The molecule has 0 spiro atoms. The first kappa shape index (κ1) is 23.3. The van der Waals surface area contributed by atoms with Gasteiger partial charge in [-0.1, -0.05) is 48.5 Å². The first-order chi connectivity index (χ1) is 16.3. The van der Waals surface area contributed by atoms with Crippen LogP contribution >= 0.6 is 0 Å². The third-order valence-electron chi connectivity index (χ3n) is 5.93. The van der Waals surface area contributed by atoms with Crippen molar-refractivity contribution in [2.24, 2.45) is 0 Å². The highest BCUT2D eigenvalue weighted by atomic mass is 16.5. The highest BCUT2D eigenvalue weighted by Crippen LogP contribution is 2.32. The van der Waals surface area contributed by atoms with Crippen LogP contribution in [-0.4, -0.2) is 29.4 Å². The number of ether oxygens (including phenoxy) is 1. The first-order valence-corrected chi connectivity index (χ1v) is 11.6. The van der Waals surface area contributed by atoms with Crippen LogP contribution in [0.5, 0.6) is 5.75 Å². The normalized spacial score (nSPS) is 13.7. The Hall–Kier alpha value is -3.86. The standard InChI is InChI=1S/C29H30N2O3/c1-19(2)34-25-14-12-24(13-15-25)30-27-26(23-11-10-20(3)21(4)18-23)28(32)31(29(27)33)17-16-22-8-6-5-7-9-22/h5-15,18-19,30H,16-17H2,1-4H3. The van der Waals surface area contributed by atoms with Gasteiger partial charge in [-0.2, -0.15) is 0 Å². The van der Waals surface area contributed by atoms with Crippen LogP contribution in [0, 0.1) is 13.8 Å². The number of hydrogen-bond donors (Lipinski definition) is 1. The zero-order valence-corrected chi connectivity index (χ0v) is 20.1. The third-order valence-corrected chi connectivity index (χ3v) is 5.93. The Morgan fingerprint density at radius 2 is 1.56 bits per heavy atom. The molecule has 4 rings (SSSR count). The maximum Gasteiger partial charge on any atom is 0.278 e. The Bertz CT molecular complexity index is 1230. The molecule has 0 saturated heterocycles. The lowest BCUT2D eigenvalue weighted by Crippen LogP contribution is -2.34. The van der Waals surface area contributed by atoms with E-state index in [2.05, 4.69) is 5.32 Å². The van der Waals surface area contributed by atoms with E-state index in [1.54, 1.807) is 0 Å². The van der Waals surface area contributed by atoms with Crippen LogP contribution in [0.2, 0.25) is 0 Å². The van der Waals surface area contributed by atoms with Crippen molar-refractivity contribution in [1.29, 1.82) is 0 Å². The molecule has 2 amide bonds. The zero-order chi connectivity index (χ0) is 24.2. The van der Waals surface area contributed by atoms with Crippen LogP contribution < -0.4 is 10.1 Å². The minimum absolute atomic E-state index is 0.0742. The van der Waals surface area contributed by atoms with E-state index in [1.807, 2.05) is 100 Å². The number of carbonyl (C=O) groups excluding carboxylic acids is 2. The molecule has 0 radical (unpaired) electrons. The van der Waals surface area contributed by atoms with Crippen LogP contribution in [0.1, 0.15) is 36.1 Å². The maximum absolute atomic E-state index is 13.5. The van der Waals surface area contributed by atoms with Gasteiger partial charge in [-0.15, -0.1) is 0 Å². The number of hydrogen-bond acceptors (Lipinski definition) is 4. The lowest BCUT2D eigenvalue weighted by Gasteiger charge is -2.15. The molecule has 0 bridgehead atoms. The van der Waals surface area contributed by atoms with Gasteiger partial charge >= 0.3 is 0 Å². The predicted octanol–water partition coefficient (Wildman–Crippen LogP) is 5.53. The highest BCUT2D eigenvalue weighted by molar-refractivity contribution is 6.36. The Morgan fingerprint density at radius 1 is 0.853 bits per heavy atom. The number of anilines is 1. The van der Waals surface area contributed by atoms with Crippen molar-refractivity contribution >= 4 is 23.1 Å². The van der Waals surface area contributed by atoms with Gasteiger partial charge in [0.25, 0.3) is 11.8 Å². The predicted molar refractivity (Wildman–Crippen MR) is 136 cm³/mol. The Balaban J connectivity index is 1.65. The number of carbonyl (C=O) groups is 2. The Kier molecular flexibility index (Phi) is 6.82. The van der Waals surface area contributed by atoms with E-state index in [-0.39, 0.29) is 17.9 Å². The number of rotatable bonds is 8. The van der Waals surface area contributed by atoms with E-state index in [0.29, 0.717) is 24.2 Å². The molecule has 1 heterocycles. The second kappa shape index (κ2) is 9.96. The van der Waals surface area contributed by atoms with E-state index in [9.17, 15) is 9.59 Å². The second-order valence-electron chi connectivity index (χ2n) is 8.86. The first-order valence-electron chi connectivity index (χ1n) is 11.6. The fourth-order valence-corrected chi connectivity index (χ4v) is 3.98. The van der Waals surface area contributed by atoms with Gasteiger partial charge in [-0.05, 0) is 80.6 Å². The third kappa shape index (κ3) is 5.04. The van der Waals surface area contributed by atoms with Crippen molar-refractivity contribution in [2.75, 3.05) is 11.9 Å².